The summed E-state index contributed by atoms with van der Waals surface area (Å²) in [5.41, 5.74) is 1.85. The number of ether oxygens (including phenoxy) is 2. The number of likely N-dealkylation sites (N-methyl/N-ethyl adjacent to an activating group) is 1. The van der Waals surface area contributed by atoms with Crippen molar-refractivity contribution in [2.24, 2.45) is 0 Å². The normalized spacial score (nSPS) is 23.9. The van der Waals surface area contributed by atoms with Crippen molar-refractivity contribution >= 4 is 35.4 Å². The molecule has 1 fully saturated rings. The molecule has 6 bridgehead atoms. The van der Waals surface area contributed by atoms with E-state index in [-0.39, 0.29) is 25.0 Å². The summed E-state index contributed by atoms with van der Waals surface area (Å²) in [5, 5.41) is 25.7. The molecule has 0 aromatic heterocycles. The lowest BCUT2D eigenvalue weighted by atomic mass is 10.0. The van der Waals surface area contributed by atoms with Crippen LogP contribution in [0.3, 0.4) is 0 Å². The number of hydrogen-bond acceptors (Lipinski definition) is 10. The van der Waals surface area contributed by atoms with E-state index in [0.717, 1.165) is 0 Å². The molecule has 3 aliphatic rings. The summed E-state index contributed by atoms with van der Waals surface area (Å²) in [4.78, 5) is 83.9. The fourth-order valence-electron chi connectivity index (χ4n) is 6.03. The highest BCUT2D eigenvalue weighted by molar-refractivity contribution is 5.98. The zero-order chi connectivity index (χ0) is 40.5. The van der Waals surface area contributed by atoms with Crippen molar-refractivity contribution in [3.63, 3.8) is 0 Å². The summed E-state index contributed by atoms with van der Waals surface area (Å²) < 4.78 is 12.3. The summed E-state index contributed by atoms with van der Waals surface area (Å²) in [6.45, 7) is 5.33. The van der Waals surface area contributed by atoms with Gasteiger partial charge < -0.3 is 51.4 Å². The van der Waals surface area contributed by atoms with Crippen LogP contribution in [0.15, 0.2) is 66.7 Å². The molecule has 298 valence electrons. The number of benzene rings is 3. The van der Waals surface area contributed by atoms with E-state index in [1.54, 1.807) is 54.6 Å². The summed E-state index contributed by atoms with van der Waals surface area (Å²) in [6, 6.07) is 11.1. The van der Waals surface area contributed by atoms with Gasteiger partial charge >= 0.3 is 0 Å². The van der Waals surface area contributed by atoms with Crippen LogP contribution in [-0.2, 0) is 48.0 Å². The molecule has 16 nitrogen and oxygen atoms in total. The molecule has 0 aliphatic carbocycles. The maximum atomic E-state index is 14.1. The van der Waals surface area contributed by atoms with Crippen LogP contribution in [-0.4, -0.2) is 109 Å². The second-order valence-electron chi connectivity index (χ2n) is 14.3. The lowest BCUT2D eigenvalue weighted by Crippen LogP contribution is -2.61. The van der Waals surface area contributed by atoms with Gasteiger partial charge in [0, 0.05) is 25.8 Å². The molecule has 7 N–H and O–H groups in total. The van der Waals surface area contributed by atoms with Gasteiger partial charge in [0.25, 0.3) is 0 Å². The fourth-order valence-corrected chi connectivity index (χ4v) is 6.03. The third-order valence-electron chi connectivity index (χ3n) is 9.37. The highest BCUT2D eigenvalue weighted by atomic mass is 16.5. The number of carbonyl (C=O) groups is 6. The molecule has 3 aromatic carbocycles. The van der Waals surface area contributed by atoms with E-state index in [4.69, 9.17) is 9.47 Å². The molecule has 0 spiro atoms. The number of amides is 6. The van der Waals surface area contributed by atoms with Crippen LogP contribution < -0.4 is 41.4 Å². The zero-order valence-electron chi connectivity index (χ0n) is 32.0. The molecule has 56 heavy (non-hydrogen) atoms. The van der Waals surface area contributed by atoms with E-state index in [9.17, 15) is 33.9 Å². The molecule has 0 saturated carbocycles. The van der Waals surface area contributed by atoms with Crippen LogP contribution in [0.25, 0.3) is 0 Å². The van der Waals surface area contributed by atoms with Gasteiger partial charge in [-0.3, -0.25) is 28.8 Å². The van der Waals surface area contributed by atoms with E-state index in [0.29, 0.717) is 47.1 Å². The van der Waals surface area contributed by atoms with Crippen LogP contribution in [0.5, 0.6) is 23.0 Å². The van der Waals surface area contributed by atoms with Gasteiger partial charge in [0.05, 0.1) is 0 Å². The Kier molecular flexibility index (Phi) is 13.5. The Balaban J connectivity index is 1.49. The van der Waals surface area contributed by atoms with Gasteiger partial charge in [0.1, 0.15) is 54.4 Å². The summed E-state index contributed by atoms with van der Waals surface area (Å²) in [7, 11) is 3.86. The second kappa shape index (κ2) is 18.4. The average molecular weight is 772 g/mol. The summed E-state index contributed by atoms with van der Waals surface area (Å²) in [6.07, 6.45) is -0.0430. The molecular weight excluding hydrogens is 722 g/mol. The molecule has 1 saturated heterocycles. The molecule has 0 unspecified atom stereocenters. The van der Waals surface area contributed by atoms with Gasteiger partial charge in [-0.25, -0.2) is 0 Å². The Bertz CT molecular complexity index is 1920. The third kappa shape index (κ3) is 11.2. The number of nitrogens with one attached hydrogen (secondary N) is 6. The first kappa shape index (κ1) is 41.0. The van der Waals surface area contributed by atoms with Crippen molar-refractivity contribution in [2.75, 3.05) is 27.2 Å². The van der Waals surface area contributed by atoms with Gasteiger partial charge in [-0.05, 0) is 88.0 Å². The van der Waals surface area contributed by atoms with E-state index in [2.05, 4.69) is 31.9 Å². The van der Waals surface area contributed by atoms with Gasteiger partial charge in [-0.1, -0.05) is 30.3 Å². The van der Waals surface area contributed by atoms with E-state index < -0.39 is 71.7 Å². The lowest BCUT2D eigenvalue weighted by Gasteiger charge is -2.28. The van der Waals surface area contributed by atoms with Crippen LogP contribution in [0.2, 0.25) is 0 Å². The second-order valence-corrected chi connectivity index (χ2v) is 14.3. The molecule has 3 aromatic rings. The van der Waals surface area contributed by atoms with Crippen molar-refractivity contribution in [3.8, 4) is 23.0 Å². The summed E-state index contributed by atoms with van der Waals surface area (Å²) >= 11 is 0. The highest BCUT2D eigenvalue weighted by Gasteiger charge is 2.33. The van der Waals surface area contributed by atoms with Crippen molar-refractivity contribution in [3.05, 3.63) is 83.4 Å². The molecule has 6 atom stereocenters. The van der Waals surface area contributed by atoms with Crippen molar-refractivity contribution in [1.29, 1.82) is 0 Å². The van der Waals surface area contributed by atoms with Crippen LogP contribution in [0.4, 0.5) is 0 Å². The Morgan fingerprint density at radius 3 is 1.80 bits per heavy atom. The van der Waals surface area contributed by atoms with Gasteiger partial charge in [-0.2, -0.15) is 0 Å². The van der Waals surface area contributed by atoms with Crippen LogP contribution in [0.1, 0.15) is 37.5 Å². The molecule has 6 rings (SSSR count). The summed E-state index contributed by atoms with van der Waals surface area (Å²) in [5.74, 6) is -2.78. The molecule has 6 amide bonds. The zero-order valence-corrected chi connectivity index (χ0v) is 32.0. The minimum absolute atomic E-state index is 0.00723. The lowest BCUT2D eigenvalue weighted by molar-refractivity contribution is -0.136. The molecular formula is C40H49N7O9. The maximum absolute atomic E-state index is 14.1. The predicted octanol–water partition coefficient (Wildman–Crippen LogP) is 0.448. The van der Waals surface area contributed by atoms with Crippen LogP contribution in [0, 0.1) is 0 Å². The van der Waals surface area contributed by atoms with E-state index in [1.165, 1.54) is 32.9 Å². The topological polar surface area (TPSA) is 217 Å². The minimum Gasteiger partial charge on any atom is -0.508 e. The van der Waals surface area contributed by atoms with E-state index >= 15 is 0 Å². The SMILES string of the molecule is C[C@@H]1NC(=O)[C@H](Cc2ccc(O)cc2)NC(=O)[C@H](C)NC(=O)[C@@H](C)NC(=O)[C@@H]2Cc3ccc(OCCN(C)C)c(c3)Oc3ccc(cc3)C[C@H](NC1=O)C(=O)N2. The van der Waals surface area contributed by atoms with Crippen molar-refractivity contribution in [2.45, 2.75) is 76.3 Å². The number of phenols is 1. The Morgan fingerprint density at radius 2 is 1.16 bits per heavy atom. The highest BCUT2D eigenvalue weighted by Crippen LogP contribution is 2.33. The standard InChI is InChI=1S/C40H49N7O9/c1-22-35(49)41-23(2)36(50)44-30(18-25-6-11-28(48)12-7-25)38(52)43-24(3)37(51)45-31-19-26-8-13-29(14-9-26)56-34-21-27(10-15-33(34)55-17-16-47(4)5)20-32(39(53)42-22)46-40(31)54/h6-15,21-24,30-32,48H,16-20H2,1-5H3,(H,41,49)(H,42,53)(H,43,52)(H,44,50)(H,45,51)(H,46,54)/t22-,23+,24+,30+,31+,32+/m1/s1. The number of fused-ring (bicyclic) bond motifs is 2. The van der Waals surface area contributed by atoms with Crippen LogP contribution >= 0.6 is 0 Å². The molecule has 16 heteroatoms. The first-order chi connectivity index (χ1) is 26.6. The number of rotatable bonds is 6. The first-order valence-electron chi connectivity index (χ1n) is 18.4. The predicted molar refractivity (Wildman–Crippen MR) is 205 cm³/mol. The Labute approximate surface area is 325 Å². The fraction of sp³-hybridized carbons (Fsp3) is 0.400. The van der Waals surface area contributed by atoms with Gasteiger partial charge in [-0.15, -0.1) is 0 Å². The number of hydrogen-bond donors (Lipinski definition) is 7. The number of carbonyl (C=O) groups excluding carboxylic acids is 6. The molecule has 0 radical (unpaired) electrons. The van der Waals surface area contributed by atoms with Gasteiger partial charge in [0.2, 0.25) is 35.4 Å². The molecule has 3 aliphatic heterocycles. The minimum atomic E-state index is -1.23. The number of aromatic hydroxyl groups is 1. The van der Waals surface area contributed by atoms with Crippen molar-refractivity contribution in [1.82, 2.24) is 36.8 Å². The Hall–Kier alpha value is -6.16. The monoisotopic (exact) mass is 771 g/mol. The smallest absolute Gasteiger partial charge is 0.243 e. The van der Waals surface area contributed by atoms with Gasteiger partial charge in [0.15, 0.2) is 11.5 Å². The quantitative estimate of drug-likeness (QED) is 0.184. The average Bonchev–Trinajstić information content (AvgIpc) is 3.15. The number of nitrogens with zero attached hydrogens (tertiary/aromatic N) is 1. The molecule has 3 heterocycles. The Morgan fingerprint density at radius 1 is 0.643 bits per heavy atom. The largest absolute Gasteiger partial charge is 0.508 e. The number of phenolic OH excluding ortho intramolecular Hbond substituents is 1. The van der Waals surface area contributed by atoms with E-state index in [1.807, 2.05) is 19.0 Å². The first-order valence-corrected chi connectivity index (χ1v) is 18.4. The maximum Gasteiger partial charge on any atom is 0.243 e. The van der Waals surface area contributed by atoms with Crippen molar-refractivity contribution < 1.29 is 43.3 Å². The third-order valence-corrected chi connectivity index (χ3v) is 9.37.